The number of nitrogens with one attached hydrogen (secondary N) is 1. The SMILES string of the molecule is O=C(NC(c1ccccc1)c1ccccn1)c1cc(-c2ccccc2)nc2c1cnn2Cc1ccncc1. The molecule has 0 saturated heterocycles. The van der Waals surface area contributed by atoms with Gasteiger partial charge in [-0.1, -0.05) is 66.7 Å². The Morgan fingerprint density at radius 2 is 1.58 bits per heavy atom. The molecule has 1 amide bonds. The van der Waals surface area contributed by atoms with Gasteiger partial charge in [-0.2, -0.15) is 5.10 Å². The highest BCUT2D eigenvalue weighted by atomic mass is 16.1. The maximum absolute atomic E-state index is 14.0. The predicted octanol–water partition coefficient (Wildman–Crippen LogP) is 5.46. The van der Waals surface area contributed by atoms with Crippen molar-refractivity contribution in [3.8, 4) is 11.3 Å². The first-order chi connectivity index (χ1) is 18.8. The van der Waals surface area contributed by atoms with Crippen molar-refractivity contribution in [2.45, 2.75) is 12.6 Å². The Hall–Kier alpha value is -5.17. The molecule has 0 aliphatic rings. The van der Waals surface area contributed by atoms with Crippen LogP contribution in [0.2, 0.25) is 0 Å². The molecule has 1 N–H and O–H groups in total. The lowest BCUT2D eigenvalue weighted by molar-refractivity contribution is 0.0944. The number of carbonyl (C=O) groups excluding carboxylic acids is 1. The van der Waals surface area contributed by atoms with Crippen LogP contribution in [0.1, 0.15) is 33.2 Å². The molecule has 4 heterocycles. The van der Waals surface area contributed by atoms with Crippen molar-refractivity contribution >= 4 is 16.9 Å². The number of pyridine rings is 3. The first-order valence-electron chi connectivity index (χ1n) is 12.3. The van der Waals surface area contributed by atoms with Gasteiger partial charge < -0.3 is 5.32 Å². The zero-order chi connectivity index (χ0) is 25.7. The van der Waals surface area contributed by atoms with Crippen LogP contribution in [0.15, 0.2) is 122 Å². The molecule has 4 aromatic heterocycles. The molecule has 0 aliphatic heterocycles. The summed E-state index contributed by atoms with van der Waals surface area (Å²) in [6.07, 6.45) is 6.96. The number of carbonyl (C=O) groups is 1. The second kappa shape index (κ2) is 10.4. The average Bonchev–Trinajstić information content (AvgIpc) is 3.39. The fourth-order valence-corrected chi connectivity index (χ4v) is 4.50. The zero-order valence-electron chi connectivity index (χ0n) is 20.5. The van der Waals surface area contributed by atoms with Crippen LogP contribution in [0.25, 0.3) is 22.3 Å². The molecule has 0 aliphatic carbocycles. The Labute approximate surface area is 219 Å². The van der Waals surface area contributed by atoms with Crippen molar-refractivity contribution in [2.75, 3.05) is 0 Å². The molecule has 38 heavy (non-hydrogen) atoms. The van der Waals surface area contributed by atoms with E-state index in [1.807, 2.05) is 102 Å². The molecule has 0 bridgehead atoms. The lowest BCUT2D eigenvalue weighted by atomic mass is 10.0. The van der Waals surface area contributed by atoms with Gasteiger partial charge in [0, 0.05) is 24.2 Å². The highest BCUT2D eigenvalue weighted by Gasteiger charge is 2.23. The number of hydrogen-bond donors (Lipinski definition) is 1. The van der Waals surface area contributed by atoms with E-state index < -0.39 is 6.04 Å². The summed E-state index contributed by atoms with van der Waals surface area (Å²) in [5.74, 6) is -0.224. The number of benzene rings is 2. The quantitative estimate of drug-likeness (QED) is 0.317. The van der Waals surface area contributed by atoms with Crippen molar-refractivity contribution in [1.29, 1.82) is 0 Å². The van der Waals surface area contributed by atoms with Gasteiger partial charge in [0.2, 0.25) is 0 Å². The van der Waals surface area contributed by atoms with E-state index in [-0.39, 0.29) is 5.91 Å². The molecule has 6 rings (SSSR count). The molecule has 2 aromatic carbocycles. The first kappa shape index (κ1) is 23.2. The minimum Gasteiger partial charge on any atom is -0.340 e. The number of aromatic nitrogens is 5. The normalized spacial score (nSPS) is 11.8. The van der Waals surface area contributed by atoms with Crippen LogP contribution in [-0.2, 0) is 6.54 Å². The Morgan fingerprint density at radius 1 is 0.842 bits per heavy atom. The van der Waals surface area contributed by atoms with Crippen LogP contribution in [0.5, 0.6) is 0 Å². The minimum atomic E-state index is -0.417. The lowest BCUT2D eigenvalue weighted by Crippen LogP contribution is -2.30. The number of hydrogen-bond acceptors (Lipinski definition) is 5. The molecule has 1 unspecified atom stereocenters. The summed E-state index contributed by atoms with van der Waals surface area (Å²) in [6.45, 7) is 0.513. The standard InChI is InChI=1S/C31H24N6O/c38-31(36-29(24-11-5-2-6-12-24)27-13-7-8-16-33-27)25-19-28(23-9-3-1-4-10-23)35-30-26(25)20-34-37(30)21-22-14-17-32-18-15-22/h1-20,29H,21H2,(H,36,38). The molecule has 7 nitrogen and oxygen atoms in total. The number of nitrogens with zero attached hydrogens (tertiary/aromatic N) is 5. The molecule has 0 radical (unpaired) electrons. The van der Waals surface area contributed by atoms with E-state index >= 15 is 0 Å². The number of fused-ring (bicyclic) bond motifs is 1. The summed E-state index contributed by atoms with van der Waals surface area (Å²) in [5, 5.41) is 8.51. The second-order valence-electron chi connectivity index (χ2n) is 8.89. The van der Waals surface area contributed by atoms with Gasteiger partial charge in [0.1, 0.15) is 0 Å². The van der Waals surface area contributed by atoms with Crippen molar-refractivity contribution in [1.82, 2.24) is 30.0 Å². The largest absolute Gasteiger partial charge is 0.340 e. The van der Waals surface area contributed by atoms with Gasteiger partial charge in [0.15, 0.2) is 5.65 Å². The first-order valence-corrected chi connectivity index (χ1v) is 12.3. The Balaban J connectivity index is 1.45. The lowest BCUT2D eigenvalue weighted by Gasteiger charge is -2.19. The van der Waals surface area contributed by atoms with Gasteiger partial charge in [0.25, 0.3) is 5.91 Å². The third kappa shape index (κ3) is 4.77. The highest BCUT2D eigenvalue weighted by molar-refractivity contribution is 6.06. The van der Waals surface area contributed by atoms with Crippen LogP contribution in [0.4, 0.5) is 0 Å². The molecule has 6 aromatic rings. The summed E-state index contributed by atoms with van der Waals surface area (Å²) in [5.41, 5.74) is 5.52. The summed E-state index contributed by atoms with van der Waals surface area (Å²) in [4.78, 5) is 27.5. The predicted molar refractivity (Wildman–Crippen MR) is 146 cm³/mol. The van der Waals surface area contributed by atoms with Crippen LogP contribution in [-0.4, -0.2) is 30.6 Å². The molecule has 7 heteroatoms. The van der Waals surface area contributed by atoms with Gasteiger partial charge in [0.05, 0.1) is 41.1 Å². The van der Waals surface area contributed by atoms with Crippen LogP contribution in [0.3, 0.4) is 0 Å². The summed E-state index contributed by atoms with van der Waals surface area (Å²) < 4.78 is 1.82. The minimum absolute atomic E-state index is 0.224. The van der Waals surface area contributed by atoms with Crippen LogP contribution < -0.4 is 5.32 Å². The zero-order valence-corrected chi connectivity index (χ0v) is 20.5. The van der Waals surface area contributed by atoms with E-state index in [1.54, 1.807) is 24.8 Å². The maximum atomic E-state index is 14.0. The van der Waals surface area contributed by atoms with Crippen molar-refractivity contribution in [3.63, 3.8) is 0 Å². The Morgan fingerprint density at radius 3 is 2.32 bits per heavy atom. The molecule has 0 spiro atoms. The molecular formula is C31H24N6O. The van der Waals surface area contributed by atoms with E-state index in [4.69, 9.17) is 4.98 Å². The van der Waals surface area contributed by atoms with E-state index in [1.165, 1.54) is 0 Å². The van der Waals surface area contributed by atoms with Crippen molar-refractivity contribution in [3.05, 3.63) is 144 Å². The number of rotatable bonds is 7. The fourth-order valence-electron chi connectivity index (χ4n) is 4.50. The second-order valence-corrected chi connectivity index (χ2v) is 8.89. The topological polar surface area (TPSA) is 85.6 Å². The molecule has 1 atom stereocenters. The van der Waals surface area contributed by atoms with Crippen LogP contribution in [0, 0.1) is 0 Å². The number of amides is 1. The van der Waals surface area contributed by atoms with E-state index in [0.29, 0.717) is 28.8 Å². The van der Waals surface area contributed by atoms with Gasteiger partial charge in [-0.3, -0.25) is 14.8 Å². The fraction of sp³-hybridized carbons (Fsp3) is 0.0645. The average molecular weight is 497 g/mol. The highest BCUT2D eigenvalue weighted by Crippen LogP contribution is 2.27. The van der Waals surface area contributed by atoms with Crippen LogP contribution >= 0.6 is 0 Å². The Kier molecular flexibility index (Phi) is 6.39. The van der Waals surface area contributed by atoms with Gasteiger partial charge in [-0.25, -0.2) is 9.67 Å². The van der Waals surface area contributed by atoms with E-state index in [0.717, 1.165) is 22.4 Å². The molecule has 184 valence electrons. The smallest absolute Gasteiger partial charge is 0.252 e. The van der Waals surface area contributed by atoms with Gasteiger partial charge in [-0.05, 0) is 41.5 Å². The molecule has 0 saturated carbocycles. The van der Waals surface area contributed by atoms with Crippen molar-refractivity contribution < 1.29 is 4.79 Å². The third-order valence-electron chi connectivity index (χ3n) is 6.40. The third-order valence-corrected chi connectivity index (χ3v) is 6.40. The van der Waals surface area contributed by atoms with Gasteiger partial charge >= 0.3 is 0 Å². The summed E-state index contributed by atoms with van der Waals surface area (Å²) in [6, 6.07) is 30.7. The molecule has 0 fully saturated rings. The maximum Gasteiger partial charge on any atom is 0.252 e. The summed E-state index contributed by atoms with van der Waals surface area (Å²) >= 11 is 0. The molecular weight excluding hydrogens is 472 g/mol. The van der Waals surface area contributed by atoms with Gasteiger partial charge in [-0.15, -0.1) is 0 Å². The summed E-state index contributed by atoms with van der Waals surface area (Å²) in [7, 11) is 0. The van der Waals surface area contributed by atoms with E-state index in [9.17, 15) is 4.79 Å². The van der Waals surface area contributed by atoms with E-state index in [2.05, 4.69) is 20.4 Å². The van der Waals surface area contributed by atoms with Crippen molar-refractivity contribution in [2.24, 2.45) is 0 Å². The monoisotopic (exact) mass is 496 g/mol. The Bertz CT molecular complexity index is 1630.